The molecule has 2 aromatic heterocycles. The molecule has 0 fully saturated rings. The highest BCUT2D eigenvalue weighted by Crippen LogP contribution is 2.59. The summed E-state index contributed by atoms with van der Waals surface area (Å²) in [4.78, 5) is 2.76. The van der Waals surface area contributed by atoms with Crippen molar-refractivity contribution in [3.8, 4) is 39.1 Å². The Balaban J connectivity index is 1.28. The Bertz CT molecular complexity index is 3780. The van der Waals surface area contributed by atoms with Crippen LogP contribution in [0.4, 0.5) is 11.4 Å². The highest BCUT2D eigenvalue weighted by Gasteiger charge is 2.50. The molecule has 0 N–H and O–H groups in total. The molecule has 0 radical (unpaired) electrons. The van der Waals surface area contributed by atoms with E-state index < -0.39 is 0 Å². The van der Waals surface area contributed by atoms with Crippen LogP contribution in [-0.2, 0) is 21.7 Å². The first-order valence-corrected chi connectivity index (χ1v) is 24.3. The summed E-state index contributed by atoms with van der Waals surface area (Å²) in [6.07, 6.45) is 0. The van der Waals surface area contributed by atoms with Crippen LogP contribution in [0.15, 0.2) is 150 Å². The molecule has 4 heteroatoms. The molecule has 0 saturated carbocycles. The van der Waals surface area contributed by atoms with Crippen molar-refractivity contribution in [1.29, 1.82) is 0 Å². The van der Waals surface area contributed by atoms with Gasteiger partial charge >= 0.3 is 6.85 Å². The average molecular weight is 869 g/mol. The predicted molar refractivity (Wildman–Crippen MR) is 286 cm³/mol. The van der Waals surface area contributed by atoms with Crippen LogP contribution >= 0.6 is 0 Å². The lowest BCUT2D eigenvalue weighted by Gasteiger charge is -2.44. The first-order chi connectivity index (χ1) is 31.9. The number of furan rings is 1. The molecule has 0 unspecified atom stereocenters. The predicted octanol–water partition coefficient (Wildman–Crippen LogP) is 15.8. The van der Waals surface area contributed by atoms with Crippen molar-refractivity contribution in [2.45, 2.75) is 97.8 Å². The Morgan fingerprint density at radius 3 is 1.91 bits per heavy atom. The van der Waals surface area contributed by atoms with E-state index in [-0.39, 0.29) is 28.5 Å². The second kappa shape index (κ2) is 13.2. The van der Waals surface area contributed by atoms with Crippen molar-refractivity contribution >= 4 is 72.9 Å². The van der Waals surface area contributed by atoms with E-state index in [1.807, 2.05) is 0 Å². The number of aromatic nitrogens is 1. The molecule has 4 heterocycles. The number of anilines is 2. The zero-order valence-corrected chi connectivity index (χ0v) is 40.7. The highest BCUT2D eigenvalue weighted by atomic mass is 16.3. The summed E-state index contributed by atoms with van der Waals surface area (Å²) in [5.41, 5.74) is 24.5. The molecule has 67 heavy (non-hydrogen) atoms. The zero-order chi connectivity index (χ0) is 46.3. The lowest BCUT2D eigenvalue weighted by molar-refractivity contribution is 0.590. The van der Waals surface area contributed by atoms with Gasteiger partial charge in [-0.3, -0.25) is 0 Å². The number of hydrogen-bond acceptors (Lipinski definition) is 2. The Labute approximate surface area is 395 Å². The number of fused-ring (bicyclic) bond motifs is 15. The summed E-state index contributed by atoms with van der Waals surface area (Å²) in [6.45, 7) is 25.8. The zero-order valence-electron chi connectivity index (χ0n) is 40.7. The lowest BCUT2D eigenvalue weighted by atomic mass is 9.43. The molecule has 13 rings (SSSR count). The molecule has 328 valence electrons. The number of rotatable bonds is 2. The van der Waals surface area contributed by atoms with Gasteiger partial charge in [-0.2, -0.15) is 0 Å². The third-order valence-corrected chi connectivity index (χ3v) is 15.8. The van der Waals surface area contributed by atoms with Crippen molar-refractivity contribution in [2.24, 2.45) is 0 Å². The van der Waals surface area contributed by atoms with Gasteiger partial charge in [0.2, 0.25) is 0 Å². The first-order valence-electron chi connectivity index (χ1n) is 24.3. The Morgan fingerprint density at radius 2 is 1.15 bits per heavy atom. The maximum Gasteiger partial charge on any atom is 0.333 e. The minimum Gasteiger partial charge on any atom is -0.455 e. The summed E-state index contributed by atoms with van der Waals surface area (Å²) in [5.74, 6) is 0. The summed E-state index contributed by atoms with van der Waals surface area (Å²) in [5, 5.41) is 4.92. The van der Waals surface area contributed by atoms with Crippen LogP contribution in [0, 0.1) is 0 Å². The van der Waals surface area contributed by atoms with Crippen LogP contribution in [0.5, 0.6) is 0 Å². The fourth-order valence-electron chi connectivity index (χ4n) is 12.3. The molecular formula is C63H57BN2O. The smallest absolute Gasteiger partial charge is 0.333 e. The number of hydrogen-bond donors (Lipinski definition) is 0. The van der Waals surface area contributed by atoms with Crippen molar-refractivity contribution in [2.75, 3.05) is 4.81 Å². The third kappa shape index (κ3) is 5.47. The van der Waals surface area contributed by atoms with E-state index in [2.05, 4.69) is 231 Å². The molecule has 0 atom stereocenters. The van der Waals surface area contributed by atoms with Gasteiger partial charge in [0.1, 0.15) is 11.2 Å². The second-order valence-electron chi connectivity index (χ2n) is 23.4. The molecule has 0 saturated heterocycles. The van der Waals surface area contributed by atoms with Crippen molar-refractivity contribution in [3.63, 3.8) is 0 Å². The van der Waals surface area contributed by atoms with Crippen LogP contribution in [0.1, 0.15) is 104 Å². The average Bonchev–Trinajstić information content (AvgIpc) is 3.92. The monoisotopic (exact) mass is 868 g/mol. The van der Waals surface area contributed by atoms with Gasteiger partial charge < -0.3 is 13.8 Å². The van der Waals surface area contributed by atoms with Gasteiger partial charge in [0, 0.05) is 60.7 Å². The van der Waals surface area contributed by atoms with Gasteiger partial charge in [-0.1, -0.05) is 173 Å². The van der Waals surface area contributed by atoms with E-state index in [0.29, 0.717) is 0 Å². The first kappa shape index (κ1) is 40.5. The van der Waals surface area contributed by atoms with Gasteiger partial charge in [-0.05, 0) is 120 Å². The van der Waals surface area contributed by atoms with Gasteiger partial charge in [0.15, 0.2) is 0 Å². The minimum absolute atomic E-state index is 0.0120. The van der Waals surface area contributed by atoms with E-state index >= 15 is 0 Å². The van der Waals surface area contributed by atoms with Crippen molar-refractivity contribution < 1.29 is 4.42 Å². The van der Waals surface area contributed by atoms with Crippen LogP contribution < -0.4 is 15.7 Å². The molecule has 0 bridgehead atoms. The maximum atomic E-state index is 7.31. The third-order valence-electron chi connectivity index (χ3n) is 15.8. The van der Waals surface area contributed by atoms with Crippen molar-refractivity contribution in [1.82, 2.24) is 4.57 Å². The summed E-state index contributed by atoms with van der Waals surface area (Å²) in [7, 11) is 0. The van der Waals surface area contributed by atoms with E-state index in [0.717, 1.165) is 21.9 Å². The molecule has 0 amide bonds. The summed E-state index contributed by atoms with van der Waals surface area (Å²) in [6, 6.07) is 55.9. The highest BCUT2D eigenvalue weighted by molar-refractivity contribution is 6.94. The van der Waals surface area contributed by atoms with E-state index in [4.69, 9.17) is 4.42 Å². The van der Waals surface area contributed by atoms with Crippen LogP contribution in [0.3, 0.4) is 0 Å². The molecule has 3 nitrogen and oxygen atoms in total. The number of para-hydroxylation sites is 1. The SMILES string of the molecule is CC(C)(C)c1ccc(N2B3c4c(cc5c(oc6ccccc65)c4-c4c2ccc2c4C(C)(C)c4ccccc4-2)-n2c4ccc(C(C)(C)C)cc4c4cc(C(C)(C)C)cc3c42)c(-c2ccccc2)c1. The van der Waals surface area contributed by atoms with Crippen molar-refractivity contribution in [3.05, 3.63) is 173 Å². The van der Waals surface area contributed by atoms with Crippen LogP contribution in [0.25, 0.3) is 82.8 Å². The molecule has 3 aliphatic rings. The van der Waals surface area contributed by atoms with E-state index in [1.54, 1.807) is 0 Å². The summed E-state index contributed by atoms with van der Waals surface area (Å²) >= 11 is 0. The lowest BCUT2D eigenvalue weighted by Crippen LogP contribution is -2.61. The van der Waals surface area contributed by atoms with E-state index in [1.165, 1.54) is 111 Å². The van der Waals surface area contributed by atoms with Gasteiger partial charge in [0.05, 0.1) is 11.0 Å². The molecule has 1 aliphatic carbocycles. The normalized spacial score (nSPS) is 14.9. The van der Waals surface area contributed by atoms with Gasteiger partial charge in [-0.25, -0.2) is 0 Å². The topological polar surface area (TPSA) is 21.3 Å². The Kier molecular flexibility index (Phi) is 7.99. The van der Waals surface area contributed by atoms with E-state index in [9.17, 15) is 0 Å². The van der Waals surface area contributed by atoms with Gasteiger partial charge in [-0.15, -0.1) is 0 Å². The minimum atomic E-state index is -0.294. The van der Waals surface area contributed by atoms with Gasteiger partial charge in [0.25, 0.3) is 0 Å². The molecule has 10 aromatic rings. The quantitative estimate of drug-likeness (QED) is 0.161. The number of benzene rings is 8. The maximum absolute atomic E-state index is 7.31. The number of nitrogens with zero attached hydrogens (tertiary/aromatic N) is 2. The fraction of sp³-hybridized carbons (Fsp3) is 0.238. The molecular weight excluding hydrogens is 812 g/mol. The molecule has 2 aliphatic heterocycles. The standard InChI is InChI=1S/C63H57BN2O/c1-60(2,3)37-26-29-50(43(31-37)36-19-13-12-14-20-36)66-51-30-27-42-40-21-15-17-23-47(40)63(10,11)56(42)54(51)55-57-52(35-46-41-22-16-18-24-53(41)67-59(46)55)65-49-28-25-38(61(4,5)6)32-44(49)45-33-39(62(7,8)9)34-48(58(45)65)64(57)66/h12-35H,1-11H3. The molecule has 0 spiro atoms. The summed E-state index contributed by atoms with van der Waals surface area (Å²) < 4.78 is 9.95. The second-order valence-corrected chi connectivity index (χ2v) is 23.4. The van der Waals surface area contributed by atoms with Crippen LogP contribution in [-0.4, -0.2) is 11.4 Å². The van der Waals surface area contributed by atoms with Crippen LogP contribution in [0.2, 0.25) is 0 Å². The molecule has 8 aromatic carbocycles. The Morgan fingerprint density at radius 1 is 0.493 bits per heavy atom. The fourth-order valence-corrected chi connectivity index (χ4v) is 12.3. The largest absolute Gasteiger partial charge is 0.455 e. The Hall–Kier alpha value is -6.78.